The van der Waals surface area contributed by atoms with Crippen molar-refractivity contribution in [3.05, 3.63) is 64.6 Å². The van der Waals surface area contributed by atoms with Crippen LogP contribution in [0.15, 0.2) is 54.6 Å². The van der Waals surface area contributed by atoms with E-state index in [4.69, 9.17) is 4.74 Å². The van der Waals surface area contributed by atoms with Crippen LogP contribution in [0, 0.1) is 0 Å². The quantitative estimate of drug-likeness (QED) is 0.673. The fraction of sp³-hybridized carbons (Fsp3) is 0.125. The minimum atomic E-state index is 0.497. The van der Waals surface area contributed by atoms with Crippen LogP contribution in [-0.4, -0.2) is 21.6 Å². The summed E-state index contributed by atoms with van der Waals surface area (Å²) in [4.78, 5) is 0. The van der Waals surface area contributed by atoms with Crippen LogP contribution in [0.1, 0.15) is 10.0 Å². The van der Waals surface area contributed by atoms with Gasteiger partial charge in [0.25, 0.3) is 0 Å². The zero-order chi connectivity index (χ0) is 12.4. The van der Waals surface area contributed by atoms with E-state index in [0.717, 1.165) is 12.2 Å². The molecule has 0 spiro atoms. The van der Waals surface area contributed by atoms with E-state index in [1.807, 2.05) is 12.1 Å². The summed E-state index contributed by atoms with van der Waals surface area (Å²) in [5.74, 6) is 0.924. The molecule has 0 amide bonds. The first-order valence-electron chi connectivity index (χ1n) is 5.95. The Balaban J connectivity index is 1.86. The fourth-order valence-corrected chi connectivity index (χ4v) is 4.37. The summed E-state index contributed by atoms with van der Waals surface area (Å²) in [6, 6.07) is 19.4. The molecule has 2 aromatic carbocycles. The van der Waals surface area contributed by atoms with Gasteiger partial charge in [-0.3, -0.25) is 0 Å². The van der Waals surface area contributed by atoms with Crippen molar-refractivity contribution in [2.24, 2.45) is 0 Å². The summed E-state index contributed by atoms with van der Waals surface area (Å²) in [5, 5.41) is 1.40. The van der Waals surface area contributed by atoms with E-state index >= 15 is 0 Å². The molecular formula is C16H14OSe. The summed E-state index contributed by atoms with van der Waals surface area (Å²) in [6.45, 7) is 0. The Morgan fingerprint density at radius 3 is 2.50 bits per heavy atom. The maximum absolute atomic E-state index is 5.18. The number of hydrogen-bond donors (Lipinski definition) is 0. The number of benzene rings is 2. The molecule has 2 heteroatoms. The molecule has 0 saturated carbocycles. The van der Waals surface area contributed by atoms with Gasteiger partial charge in [0.15, 0.2) is 0 Å². The molecule has 0 N–H and O–H groups in total. The van der Waals surface area contributed by atoms with Crippen molar-refractivity contribution in [1.29, 1.82) is 0 Å². The van der Waals surface area contributed by atoms with E-state index in [9.17, 15) is 0 Å². The molecule has 0 aliphatic rings. The van der Waals surface area contributed by atoms with E-state index in [1.165, 1.54) is 15.2 Å². The van der Waals surface area contributed by atoms with Gasteiger partial charge in [0.1, 0.15) is 0 Å². The van der Waals surface area contributed by atoms with Gasteiger partial charge in [-0.2, -0.15) is 0 Å². The van der Waals surface area contributed by atoms with E-state index in [-0.39, 0.29) is 0 Å². The molecule has 0 bridgehead atoms. The Morgan fingerprint density at radius 1 is 1.00 bits per heavy atom. The molecule has 0 fully saturated rings. The third kappa shape index (κ3) is 2.35. The molecule has 90 valence electrons. The van der Waals surface area contributed by atoms with Gasteiger partial charge < -0.3 is 0 Å². The first-order chi connectivity index (χ1) is 8.85. The first kappa shape index (κ1) is 11.6. The van der Waals surface area contributed by atoms with Gasteiger partial charge in [0.05, 0.1) is 0 Å². The molecule has 0 radical (unpaired) electrons. The normalized spacial score (nSPS) is 10.7. The zero-order valence-electron chi connectivity index (χ0n) is 10.2. The summed E-state index contributed by atoms with van der Waals surface area (Å²) in [6.07, 6.45) is 1.05. The second-order valence-electron chi connectivity index (χ2n) is 4.28. The number of ether oxygens (including phenoxy) is 1. The van der Waals surface area contributed by atoms with Crippen LogP contribution in [0.5, 0.6) is 5.75 Å². The Hall–Kier alpha value is -1.50. The summed E-state index contributed by atoms with van der Waals surface area (Å²) >= 11 is 0.497. The summed E-state index contributed by atoms with van der Waals surface area (Å²) in [5.41, 5.74) is 1.36. The molecule has 0 saturated heterocycles. The average molecular weight is 301 g/mol. The van der Waals surface area contributed by atoms with Crippen molar-refractivity contribution in [3.8, 4) is 5.75 Å². The summed E-state index contributed by atoms with van der Waals surface area (Å²) in [7, 11) is 1.70. The minimum absolute atomic E-state index is 0.497. The number of fused-ring (bicyclic) bond motifs is 1. The molecule has 0 aliphatic heterocycles. The fourth-order valence-electron chi connectivity index (χ4n) is 2.07. The van der Waals surface area contributed by atoms with Crippen LogP contribution in [0.3, 0.4) is 0 Å². The van der Waals surface area contributed by atoms with Gasteiger partial charge in [-0.25, -0.2) is 0 Å². The van der Waals surface area contributed by atoms with Gasteiger partial charge in [-0.15, -0.1) is 0 Å². The van der Waals surface area contributed by atoms with Gasteiger partial charge in [-0.1, -0.05) is 0 Å². The average Bonchev–Trinajstić information content (AvgIpc) is 2.82. The summed E-state index contributed by atoms with van der Waals surface area (Å²) < 4.78 is 8.24. The third-order valence-electron chi connectivity index (χ3n) is 3.01. The number of hydrogen-bond acceptors (Lipinski definition) is 1. The van der Waals surface area contributed by atoms with Crippen molar-refractivity contribution < 1.29 is 4.74 Å². The second kappa shape index (κ2) is 5.01. The van der Waals surface area contributed by atoms with Crippen molar-refractivity contribution in [3.63, 3.8) is 0 Å². The number of methoxy groups -OCH3 is 1. The van der Waals surface area contributed by atoms with Crippen LogP contribution < -0.4 is 4.74 Å². The molecule has 0 unspecified atom stereocenters. The molecule has 0 aliphatic carbocycles. The predicted molar refractivity (Wildman–Crippen MR) is 76.7 cm³/mol. The maximum atomic E-state index is 5.18. The van der Waals surface area contributed by atoms with Crippen molar-refractivity contribution in [2.75, 3.05) is 7.11 Å². The molecule has 1 heterocycles. The Bertz CT molecular complexity index is 619. The molecule has 0 atom stereocenters. The van der Waals surface area contributed by atoms with Crippen LogP contribution >= 0.6 is 0 Å². The van der Waals surface area contributed by atoms with E-state index in [1.54, 1.807) is 11.5 Å². The van der Waals surface area contributed by atoms with Crippen molar-refractivity contribution in [2.45, 2.75) is 6.42 Å². The van der Waals surface area contributed by atoms with Gasteiger partial charge in [0, 0.05) is 0 Å². The molecule has 3 rings (SSSR count). The van der Waals surface area contributed by atoms with Crippen LogP contribution in [0.25, 0.3) is 9.65 Å². The van der Waals surface area contributed by atoms with E-state index in [2.05, 4.69) is 42.5 Å². The Kier molecular flexibility index (Phi) is 3.22. The molecule has 1 aromatic heterocycles. The van der Waals surface area contributed by atoms with Crippen LogP contribution in [0.4, 0.5) is 0 Å². The van der Waals surface area contributed by atoms with Crippen LogP contribution in [-0.2, 0) is 6.42 Å². The first-order valence-corrected chi connectivity index (χ1v) is 7.67. The third-order valence-corrected chi connectivity index (χ3v) is 5.36. The van der Waals surface area contributed by atoms with Crippen molar-refractivity contribution >= 4 is 24.1 Å². The number of rotatable bonds is 3. The zero-order valence-corrected chi connectivity index (χ0v) is 11.9. The second-order valence-corrected chi connectivity index (χ2v) is 6.73. The molecule has 18 heavy (non-hydrogen) atoms. The predicted octanol–water partition coefficient (Wildman–Crippen LogP) is 3.50. The van der Waals surface area contributed by atoms with E-state index in [0.29, 0.717) is 14.5 Å². The Morgan fingerprint density at radius 2 is 1.78 bits per heavy atom. The SMILES string of the molecule is COc1ccc(Cc2cc3ccccc3[se]2)cc1. The van der Waals surface area contributed by atoms with E-state index < -0.39 is 0 Å². The molecule has 3 aromatic rings. The monoisotopic (exact) mass is 302 g/mol. The van der Waals surface area contributed by atoms with Gasteiger partial charge in [0.2, 0.25) is 0 Å². The Labute approximate surface area is 113 Å². The van der Waals surface area contributed by atoms with Gasteiger partial charge in [-0.05, 0) is 0 Å². The van der Waals surface area contributed by atoms with Crippen molar-refractivity contribution in [1.82, 2.24) is 0 Å². The standard InChI is InChI=1S/C16H14OSe/c1-17-14-8-6-12(7-9-14)10-15-11-13-4-2-3-5-16(13)18-15/h2-9,11H,10H2,1H3. The topological polar surface area (TPSA) is 9.23 Å². The van der Waals surface area contributed by atoms with Gasteiger partial charge >= 0.3 is 113 Å². The molecule has 1 nitrogen and oxygen atoms in total. The van der Waals surface area contributed by atoms with Crippen LogP contribution in [0.2, 0.25) is 0 Å². The molecular weight excluding hydrogens is 287 g/mol.